The molecule has 0 aliphatic rings. The maximum Gasteiger partial charge on any atom is 0.269 e. The number of rotatable bonds is 5. The predicted octanol–water partition coefficient (Wildman–Crippen LogP) is 5.24. The Kier molecular flexibility index (Phi) is 5.33. The maximum absolute atomic E-state index is 13.2. The Bertz CT molecular complexity index is 1260. The van der Waals surface area contributed by atoms with Gasteiger partial charge in [0, 0.05) is 22.9 Å². The van der Waals surface area contributed by atoms with Gasteiger partial charge in [-0.25, -0.2) is 4.98 Å². The van der Waals surface area contributed by atoms with Crippen LogP contribution in [0.4, 0.5) is 5.69 Å². The molecule has 0 fully saturated rings. The quantitative estimate of drug-likeness (QED) is 0.190. The molecule has 144 valence electrons. The lowest BCUT2D eigenvalue weighted by Gasteiger charge is -2.13. The number of fused-ring (bicyclic) bond motifs is 1. The van der Waals surface area contributed by atoms with E-state index in [0.29, 0.717) is 32.5 Å². The average Bonchev–Trinajstić information content (AvgIpc) is 2.73. The number of para-hydroxylation sites is 1. The van der Waals surface area contributed by atoms with Crippen molar-refractivity contribution in [2.45, 2.75) is 10.9 Å². The Hall–Kier alpha value is -3.16. The van der Waals surface area contributed by atoms with Gasteiger partial charge in [0.15, 0.2) is 5.16 Å². The zero-order valence-corrected chi connectivity index (χ0v) is 16.6. The maximum atomic E-state index is 13.2. The second-order valence-electron chi connectivity index (χ2n) is 6.24. The molecule has 0 N–H and O–H groups in total. The number of thioether (sulfide) groups is 1. The van der Waals surface area contributed by atoms with E-state index in [9.17, 15) is 14.9 Å². The van der Waals surface area contributed by atoms with Crippen molar-refractivity contribution in [2.24, 2.45) is 0 Å². The lowest BCUT2D eigenvalue weighted by atomic mass is 10.2. The molecule has 0 saturated carbocycles. The van der Waals surface area contributed by atoms with Gasteiger partial charge in [-0.2, -0.15) is 0 Å². The van der Waals surface area contributed by atoms with Crippen molar-refractivity contribution in [3.8, 4) is 5.69 Å². The van der Waals surface area contributed by atoms with Crippen molar-refractivity contribution in [2.75, 3.05) is 0 Å². The molecule has 29 heavy (non-hydrogen) atoms. The van der Waals surface area contributed by atoms with Crippen molar-refractivity contribution in [1.29, 1.82) is 0 Å². The van der Waals surface area contributed by atoms with Gasteiger partial charge >= 0.3 is 0 Å². The minimum Gasteiger partial charge on any atom is -0.268 e. The van der Waals surface area contributed by atoms with Crippen LogP contribution in [-0.2, 0) is 5.75 Å². The summed E-state index contributed by atoms with van der Waals surface area (Å²) in [6, 6.07) is 20.5. The molecule has 0 radical (unpaired) electrons. The molecular weight excluding hydrogens is 410 g/mol. The smallest absolute Gasteiger partial charge is 0.268 e. The van der Waals surface area contributed by atoms with Crippen LogP contribution in [0.3, 0.4) is 0 Å². The first-order valence-electron chi connectivity index (χ1n) is 8.67. The fraction of sp³-hybridized carbons (Fsp3) is 0.0476. The number of benzene rings is 3. The Labute approximate surface area is 174 Å². The zero-order chi connectivity index (χ0) is 20.4. The fourth-order valence-corrected chi connectivity index (χ4v) is 3.98. The van der Waals surface area contributed by atoms with E-state index < -0.39 is 4.92 Å². The second-order valence-corrected chi connectivity index (χ2v) is 7.62. The predicted molar refractivity (Wildman–Crippen MR) is 115 cm³/mol. The molecule has 1 heterocycles. The second kappa shape index (κ2) is 8.06. The highest BCUT2D eigenvalue weighted by Crippen LogP contribution is 2.26. The third kappa shape index (κ3) is 4.01. The van der Waals surface area contributed by atoms with Crippen molar-refractivity contribution in [3.63, 3.8) is 0 Å². The van der Waals surface area contributed by atoms with Gasteiger partial charge in [0.05, 0.1) is 21.5 Å². The molecule has 0 aliphatic heterocycles. The van der Waals surface area contributed by atoms with Crippen molar-refractivity contribution in [3.05, 3.63) is 104 Å². The number of nitro groups is 1. The minimum atomic E-state index is -0.471. The van der Waals surface area contributed by atoms with E-state index in [0.717, 1.165) is 5.56 Å². The van der Waals surface area contributed by atoms with Gasteiger partial charge in [-0.15, -0.1) is 0 Å². The summed E-state index contributed by atoms with van der Waals surface area (Å²) in [5, 5.41) is 12.6. The van der Waals surface area contributed by atoms with Crippen molar-refractivity contribution >= 4 is 40.0 Å². The first-order chi connectivity index (χ1) is 14.0. The summed E-state index contributed by atoms with van der Waals surface area (Å²) >= 11 is 7.36. The van der Waals surface area contributed by atoms with Crippen LogP contribution in [0.1, 0.15) is 5.56 Å². The largest absolute Gasteiger partial charge is 0.269 e. The Morgan fingerprint density at radius 3 is 2.38 bits per heavy atom. The van der Waals surface area contributed by atoms with E-state index in [4.69, 9.17) is 11.6 Å². The third-order valence-electron chi connectivity index (χ3n) is 4.34. The molecule has 0 spiro atoms. The zero-order valence-electron chi connectivity index (χ0n) is 15.0. The van der Waals surface area contributed by atoms with Crippen LogP contribution in [0.5, 0.6) is 0 Å². The van der Waals surface area contributed by atoms with Crippen LogP contribution >= 0.6 is 23.4 Å². The first-order valence-corrected chi connectivity index (χ1v) is 10.0. The van der Waals surface area contributed by atoms with Gasteiger partial charge in [0.1, 0.15) is 0 Å². The SMILES string of the molecule is O=c1c2ccccc2nc(SCc2ccc(Cl)cc2)n1-c1ccc([N+](=O)[O-])cc1. The van der Waals surface area contributed by atoms with Gasteiger partial charge in [-0.05, 0) is 42.0 Å². The molecule has 6 nitrogen and oxygen atoms in total. The summed E-state index contributed by atoms with van der Waals surface area (Å²) in [6.07, 6.45) is 0. The Balaban J connectivity index is 1.80. The van der Waals surface area contributed by atoms with Crippen molar-refractivity contribution in [1.82, 2.24) is 9.55 Å². The van der Waals surface area contributed by atoms with Gasteiger partial charge in [0.25, 0.3) is 11.2 Å². The van der Waals surface area contributed by atoms with Gasteiger partial charge < -0.3 is 0 Å². The standard InChI is InChI=1S/C21H14ClN3O3S/c22-15-7-5-14(6-8-15)13-29-21-23-19-4-2-1-3-18(19)20(26)24(21)16-9-11-17(12-10-16)25(27)28/h1-12H,13H2. The normalized spacial score (nSPS) is 10.9. The number of nitro benzene ring substituents is 1. The summed E-state index contributed by atoms with van der Waals surface area (Å²) in [5.41, 5.74) is 1.91. The fourth-order valence-electron chi connectivity index (χ4n) is 2.89. The molecule has 0 aliphatic carbocycles. The Morgan fingerprint density at radius 2 is 1.69 bits per heavy atom. The molecule has 0 atom stereocenters. The molecule has 0 unspecified atom stereocenters. The van der Waals surface area contributed by atoms with Crippen LogP contribution in [0.25, 0.3) is 16.6 Å². The summed E-state index contributed by atoms with van der Waals surface area (Å²) in [6.45, 7) is 0. The molecule has 0 bridgehead atoms. The average molecular weight is 424 g/mol. The molecular formula is C21H14ClN3O3S. The van der Waals surface area contributed by atoms with Crippen molar-refractivity contribution < 1.29 is 4.92 Å². The van der Waals surface area contributed by atoms with E-state index in [1.807, 2.05) is 30.3 Å². The van der Waals surface area contributed by atoms with Gasteiger partial charge in [-0.1, -0.05) is 47.6 Å². The van der Waals surface area contributed by atoms with E-state index in [1.54, 1.807) is 30.3 Å². The topological polar surface area (TPSA) is 78.0 Å². The minimum absolute atomic E-state index is 0.0362. The van der Waals surface area contributed by atoms with Crippen LogP contribution in [0.15, 0.2) is 82.7 Å². The summed E-state index contributed by atoms with van der Waals surface area (Å²) in [4.78, 5) is 28.3. The van der Waals surface area contributed by atoms with E-state index in [1.165, 1.54) is 28.5 Å². The number of aromatic nitrogens is 2. The lowest BCUT2D eigenvalue weighted by molar-refractivity contribution is -0.384. The van der Waals surface area contributed by atoms with Gasteiger partial charge in [0.2, 0.25) is 0 Å². The molecule has 0 amide bonds. The highest BCUT2D eigenvalue weighted by Gasteiger charge is 2.14. The highest BCUT2D eigenvalue weighted by molar-refractivity contribution is 7.98. The third-order valence-corrected chi connectivity index (χ3v) is 5.61. The molecule has 4 aromatic rings. The number of hydrogen-bond donors (Lipinski definition) is 0. The number of nitrogens with zero attached hydrogens (tertiary/aromatic N) is 3. The molecule has 4 rings (SSSR count). The van der Waals surface area contributed by atoms with E-state index in [2.05, 4.69) is 4.98 Å². The van der Waals surface area contributed by atoms with Crippen LogP contribution in [-0.4, -0.2) is 14.5 Å². The molecule has 3 aromatic carbocycles. The number of halogens is 1. The van der Waals surface area contributed by atoms with E-state index in [-0.39, 0.29) is 11.2 Å². The molecule has 0 saturated heterocycles. The van der Waals surface area contributed by atoms with E-state index >= 15 is 0 Å². The van der Waals surface area contributed by atoms with Crippen LogP contribution in [0.2, 0.25) is 5.02 Å². The van der Waals surface area contributed by atoms with Crippen LogP contribution < -0.4 is 5.56 Å². The van der Waals surface area contributed by atoms with Crippen LogP contribution in [0, 0.1) is 10.1 Å². The number of hydrogen-bond acceptors (Lipinski definition) is 5. The monoisotopic (exact) mass is 423 g/mol. The molecule has 1 aromatic heterocycles. The first kappa shape index (κ1) is 19.2. The summed E-state index contributed by atoms with van der Waals surface area (Å²) < 4.78 is 1.49. The summed E-state index contributed by atoms with van der Waals surface area (Å²) in [7, 11) is 0. The van der Waals surface area contributed by atoms with Gasteiger partial charge in [-0.3, -0.25) is 19.5 Å². The Morgan fingerprint density at radius 1 is 1.00 bits per heavy atom. The lowest BCUT2D eigenvalue weighted by Crippen LogP contribution is -2.21. The summed E-state index contributed by atoms with van der Waals surface area (Å²) in [5.74, 6) is 0.592. The molecule has 8 heteroatoms. The highest BCUT2D eigenvalue weighted by atomic mass is 35.5. The number of non-ortho nitro benzene ring substituents is 1.